The number of imidazole rings is 1. The van der Waals surface area contributed by atoms with Crippen LogP contribution in [0.15, 0.2) is 12.7 Å². The number of nitrogen functional groups attached to an aromatic ring is 1. The molecule has 0 aliphatic carbocycles. The van der Waals surface area contributed by atoms with E-state index in [4.69, 9.17) is 34.8 Å². The van der Waals surface area contributed by atoms with Gasteiger partial charge in [-0.1, -0.05) is 0 Å². The molecule has 0 unspecified atom stereocenters. The molecule has 136 valence electrons. The van der Waals surface area contributed by atoms with Crippen molar-refractivity contribution in [2.45, 2.75) is 24.5 Å². The minimum atomic E-state index is -4.64. The number of ether oxygens (including phenoxy) is 1. The number of phosphoric acid groups is 1. The van der Waals surface area contributed by atoms with Crippen molar-refractivity contribution in [3.05, 3.63) is 12.7 Å². The van der Waals surface area contributed by atoms with Crippen LogP contribution < -0.4 is 5.73 Å². The van der Waals surface area contributed by atoms with E-state index < -0.39 is 39.0 Å². The summed E-state index contributed by atoms with van der Waals surface area (Å²) < 4.78 is 15.7. The Labute approximate surface area is 191 Å². The number of aromatic nitrogens is 4. The molecule has 2 radical (unpaired) electrons. The van der Waals surface area contributed by atoms with Crippen LogP contribution >= 0.6 is 7.82 Å². The van der Waals surface area contributed by atoms with Gasteiger partial charge in [0, 0.05) is 59.1 Å². The van der Waals surface area contributed by atoms with E-state index in [0.717, 1.165) is 0 Å². The molecule has 1 saturated heterocycles. The predicted molar refractivity (Wildman–Crippen MR) is 88.5 cm³/mol. The van der Waals surface area contributed by atoms with Gasteiger partial charge in [0.15, 0.2) is 17.7 Å². The molecule has 3 rings (SSSR count). The van der Waals surface area contributed by atoms with Crippen LogP contribution in [0, 0.1) is 0 Å². The van der Waals surface area contributed by atoms with Gasteiger partial charge in [0.25, 0.3) is 0 Å². The summed E-state index contributed by atoms with van der Waals surface area (Å²) in [5.41, 5.74) is 6.44. The molecule has 2 aromatic heterocycles. The van der Waals surface area contributed by atoms with Crippen LogP contribution in [0.3, 0.4) is 0 Å². The molecule has 3 heterocycles. The van der Waals surface area contributed by atoms with E-state index in [0.29, 0.717) is 11.2 Å². The first-order valence-corrected chi connectivity index (χ1v) is 8.03. The van der Waals surface area contributed by atoms with Crippen molar-refractivity contribution in [1.82, 2.24) is 19.5 Å². The van der Waals surface area contributed by atoms with E-state index in [1.165, 1.54) is 17.2 Å². The number of nitrogens with two attached hydrogens (primary N) is 1. The first kappa shape index (κ1) is 26.3. The van der Waals surface area contributed by atoms with Crippen molar-refractivity contribution in [2.75, 3.05) is 12.3 Å². The van der Waals surface area contributed by atoms with Gasteiger partial charge in [0.2, 0.25) is 0 Å². The molecular formula is C10H16N5Na2O8P. The quantitative estimate of drug-likeness (QED) is 0.188. The standard InChI is InChI=1S/C10H13N5O4.2Na.H3O4P/c11-8-5-9(13-2-12-8)15(3-14-5)10-7(18)6(17)4(1-16)19-10;;;1-5(2,3)4/h2-4,6-7,10,16-18H,1H2,(H2,11,12,13);;;(H3,1,2,3,4)/t4-,6-,7-,10-;;;/m1.../s1. The van der Waals surface area contributed by atoms with Crippen molar-refractivity contribution in [3.8, 4) is 0 Å². The summed E-state index contributed by atoms with van der Waals surface area (Å²) in [5.74, 6) is 0.218. The normalized spacial score (nSPS) is 25.0. The van der Waals surface area contributed by atoms with E-state index in [1.807, 2.05) is 0 Å². The van der Waals surface area contributed by atoms with Gasteiger partial charge in [0.1, 0.15) is 30.2 Å². The van der Waals surface area contributed by atoms with Crippen molar-refractivity contribution in [3.63, 3.8) is 0 Å². The van der Waals surface area contributed by atoms with Crippen LogP contribution in [0.1, 0.15) is 6.23 Å². The minimum absolute atomic E-state index is 0. The Hall–Kier alpha value is 0.300. The van der Waals surface area contributed by atoms with Gasteiger partial charge in [-0.15, -0.1) is 0 Å². The monoisotopic (exact) mass is 411 g/mol. The molecule has 16 heteroatoms. The molecule has 8 N–H and O–H groups in total. The molecule has 1 aliphatic heterocycles. The number of hydrogen-bond donors (Lipinski definition) is 7. The fourth-order valence-electron chi connectivity index (χ4n) is 2.17. The largest absolute Gasteiger partial charge is 0.466 e. The number of aliphatic hydroxyl groups excluding tert-OH is 3. The Morgan fingerprint density at radius 2 is 1.73 bits per heavy atom. The second-order valence-electron chi connectivity index (χ2n) is 4.83. The topological polar surface area (TPSA) is 217 Å². The average Bonchev–Trinajstić information content (AvgIpc) is 3.01. The van der Waals surface area contributed by atoms with Crippen LogP contribution in [-0.4, -0.2) is 134 Å². The number of aliphatic hydroxyl groups is 3. The molecule has 0 saturated carbocycles. The molecule has 0 aromatic carbocycles. The second kappa shape index (κ2) is 10.7. The van der Waals surface area contributed by atoms with Crippen molar-refractivity contribution >= 4 is 83.9 Å². The second-order valence-corrected chi connectivity index (χ2v) is 5.85. The molecule has 0 amide bonds. The zero-order valence-corrected chi connectivity index (χ0v) is 18.9. The van der Waals surface area contributed by atoms with Gasteiger partial charge in [-0.3, -0.25) is 4.57 Å². The third-order valence-corrected chi connectivity index (χ3v) is 3.18. The van der Waals surface area contributed by atoms with E-state index in [2.05, 4.69) is 15.0 Å². The summed E-state index contributed by atoms with van der Waals surface area (Å²) >= 11 is 0. The molecule has 26 heavy (non-hydrogen) atoms. The first-order valence-electron chi connectivity index (χ1n) is 6.47. The van der Waals surface area contributed by atoms with Gasteiger partial charge in [0.05, 0.1) is 12.9 Å². The number of rotatable bonds is 2. The van der Waals surface area contributed by atoms with Crippen LogP contribution in [0.5, 0.6) is 0 Å². The Morgan fingerprint density at radius 1 is 1.15 bits per heavy atom. The summed E-state index contributed by atoms with van der Waals surface area (Å²) in [6.45, 7) is -0.390. The van der Waals surface area contributed by atoms with E-state index in [1.54, 1.807) is 0 Å². The smallest absolute Gasteiger partial charge is 0.394 e. The van der Waals surface area contributed by atoms with Gasteiger partial charge in [-0.25, -0.2) is 19.5 Å². The molecule has 0 spiro atoms. The maximum atomic E-state index is 9.95. The first-order chi connectivity index (χ1) is 11.1. The SMILES string of the molecule is Nc1ncnc2c1ncn2[C@@H]1O[C@H](CO)[C@@H](O)[C@H]1O.O=P(O)(O)O.[Na].[Na]. The van der Waals surface area contributed by atoms with Crippen LogP contribution in [0.4, 0.5) is 5.82 Å². The summed E-state index contributed by atoms with van der Waals surface area (Å²) in [6, 6.07) is 0. The van der Waals surface area contributed by atoms with Gasteiger partial charge in [-0.2, -0.15) is 0 Å². The van der Waals surface area contributed by atoms with E-state index in [-0.39, 0.29) is 64.9 Å². The van der Waals surface area contributed by atoms with Crippen molar-refractivity contribution in [2.24, 2.45) is 0 Å². The third-order valence-electron chi connectivity index (χ3n) is 3.18. The Balaban J connectivity index is 0.000000798. The summed E-state index contributed by atoms with van der Waals surface area (Å²) in [7, 11) is -4.64. The molecular weight excluding hydrogens is 395 g/mol. The maximum absolute atomic E-state index is 9.95. The van der Waals surface area contributed by atoms with E-state index >= 15 is 0 Å². The molecule has 4 atom stereocenters. The molecule has 1 fully saturated rings. The third kappa shape index (κ3) is 6.43. The van der Waals surface area contributed by atoms with Gasteiger partial charge in [-0.05, 0) is 0 Å². The molecule has 1 aliphatic rings. The van der Waals surface area contributed by atoms with Gasteiger partial charge < -0.3 is 40.5 Å². The maximum Gasteiger partial charge on any atom is 0.466 e. The Bertz CT molecular complexity index is 752. The Morgan fingerprint density at radius 3 is 2.23 bits per heavy atom. The van der Waals surface area contributed by atoms with Crippen molar-refractivity contribution < 1.29 is 39.3 Å². The van der Waals surface area contributed by atoms with E-state index in [9.17, 15) is 10.2 Å². The van der Waals surface area contributed by atoms with Crippen LogP contribution in [-0.2, 0) is 9.30 Å². The Kier molecular flexibility index (Phi) is 10.9. The number of anilines is 1. The minimum Gasteiger partial charge on any atom is -0.394 e. The fourth-order valence-corrected chi connectivity index (χ4v) is 2.17. The summed E-state index contributed by atoms with van der Waals surface area (Å²) in [6.07, 6.45) is -1.42. The zero-order chi connectivity index (χ0) is 18.1. The predicted octanol–water partition coefficient (Wildman–Crippen LogP) is -3.67. The van der Waals surface area contributed by atoms with Crippen LogP contribution in [0.25, 0.3) is 11.2 Å². The number of nitrogens with zero attached hydrogens (tertiary/aromatic N) is 4. The summed E-state index contributed by atoms with van der Waals surface area (Å²) in [4.78, 5) is 33.5. The molecule has 13 nitrogen and oxygen atoms in total. The number of hydrogen-bond acceptors (Lipinski definition) is 9. The zero-order valence-electron chi connectivity index (χ0n) is 14.0. The summed E-state index contributed by atoms with van der Waals surface area (Å²) in [5, 5.41) is 28.7. The van der Waals surface area contributed by atoms with Crippen LogP contribution in [0.2, 0.25) is 0 Å². The fraction of sp³-hybridized carbons (Fsp3) is 0.500. The van der Waals surface area contributed by atoms with Gasteiger partial charge >= 0.3 is 7.82 Å². The van der Waals surface area contributed by atoms with Crippen molar-refractivity contribution in [1.29, 1.82) is 0 Å². The number of fused-ring (bicyclic) bond motifs is 1. The average molecular weight is 411 g/mol. The molecule has 0 bridgehead atoms. The molecule has 2 aromatic rings.